The largest absolute Gasteiger partial charge is 0.434 e. The van der Waals surface area contributed by atoms with E-state index in [1.807, 2.05) is 20.8 Å². The summed E-state index contributed by atoms with van der Waals surface area (Å²) in [4.78, 5) is 15.5. The Balaban J connectivity index is 2.26. The fourth-order valence-electron chi connectivity index (χ4n) is 1.56. The Morgan fingerprint density at radius 3 is 2.40 bits per heavy atom. The second kappa shape index (κ2) is 4.72. The lowest BCUT2D eigenvalue weighted by Crippen LogP contribution is -2.35. The molecule has 2 aromatic heterocycles. The molecule has 0 amide bonds. The van der Waals surface area contributed by atoms with E-state index >= 15 is 0 Å². The fourth-order valence-corrected chi connectivity index (χ4v) is 2.36. The smallest absolute Gasteiger partial charge is 0.275 e. The van der Waals surface area contributed by atoms with Crippen molar-refractivity contribution < 1.29 is 13.2 Å². The Hall–Kier alpha value is -1.64. The van der Waals surface area contributed by atoms with Gasteiger partial charge in [-0.25, -0.2) is 14.5 Å². The number of halogens is 3. The zero-order valence-electron chi connectivity index (χ0n) is 11.1. The van der Waals surface area contributed by atoms with Crippen LogP contribution in [0.15, 0.2) is 16.5 Å². The van der Waals surface area contributed by atoms with Crippen molar-refractivity contribution in [2.75, 3.05) is 0 Å². The molecular weight excluding hydrogens is 293 g/mol. The summed E-state index contributed by atoms with van der Waals surface area (Å²) in [6, 6.07) is 0. The first-order valence-electron chi connectivity index (χ1n) is 5.75. The molecule has 0 unspecified atom stereocenters. The monoisotopic (exact) mass is 306 g/mol. The van der Waals surface area contributed by atoms with Gasteiger partial charge in [0.15, 0.2) is 5.69 Å². The summed E-state index contributed by atoms with van der Waals surface area (Å²) in [5, 5.41) is 5.12. The van der Waals surface area contributed by atoms with Crippen LogP contribution in [0.3, 0.4) is 0 Å². The van der Waals surface area contributed by atoms with Gasteiger partial charge >= 0.3 is 11.9 Å². The average molecular weight is 306 g/mol. The molecule has 2 rings (SSSR count). The maximum atomic E-state index is 12.4. The van der Waals surface area contributed by atoms with E-state index in [1.54, 1.807) is 0 Å². The summed E-state index contributed by atoms with van der Waals surface area (Å²) in [5.74, 6) is 0. The van der Waals surface area contributed by atoms with Crippen molar-refractivity contribution in [3.05, 3.63) is 32.9 Å². The van der Waals surface area contributed by atoms with Crippen molar-refractivity contribution in [1.82, 2.24) is 19.3 Å². The Morgan fingerprint density at radius 2 is 1.95 bits per heavy atom. The van der Waals surface area contributed by atoms with Crippen LogP contribution < -0.4 is 5.69 Å². The molecule has 110 valence electrons. The summed E-state index contributed by atoms with van der Waals surface area (Å²) in [6.07, 6.45) is -3.16. The Morgan fingerprint density at radius 1 is 1.30 bits per heavy atom. The highest BCUT2D eigenvalue weighted by Crippen LogP contribution is 2.30. The number of nitrogens with zero attached hydrogens (tertiary/aromatic N) is 4. The van der Waals surface area contributed by atoms with Crippen LogP contribution in [0, 0.1) is 0 Å². The van der Waals surface area contributed by atoms with E-state index in [4.69, 9.17) is 0 Å². The number of aromatic nitrogens is 4. The Bertz CT molecular complexity index is 662. The van der Waals surface area contributed by atoms with Gasteiger partial charge in [0.05, 0.1) is 12.1 Å². The first kappa shape index (κ1) is 14.8. The van der Waals surface area contributed by atoms with Gasteiger partial charge in [-0.05, 0) is 20.8 Å². The van der Waals surface area contributed by atoms with Crippen LogP contribution in [0.25, 0.3) is 0 Å². The summed E-state index contributed by atoms with van der Waals surface area (Å²) in [7, 11) is 0. The Kier molecular flexibility index (Phi) is 3.49. The highest BCUT2D eigenvalue weighted by molar-refractivity contribution is 7.09. The predicted octanol–water partition coefficient (Wildman–Crippen LogP) is 2.32. The molecule has 0 saturated carbocycles. The van der Waals surface area contributed by atoms with Crippen molar-refractivity contribution >= 4 is 11.3 Å². The molecule has 5 nitrogen and oxygen atoms in total. The van der Waals surface area contributed by atoms with Crippen LogP contribution in [0.2, 0.25) is 0 Å². The molecule has 0 spiro atoms. The molecule has 2 heterocycles. The maximum absolute atomic E-state index is 12.4. The minimum absolute atomic E-state index is 0.0182. The molecule has 0 bridgehead atoms. The Labute approximate surface area is 116 Å². The third kappa shape index (κ3) is 2.92. The molecule has 9 heteroatoms. The molecule has 0 N–H and O–H groups in total. The van der Waals surface area contributed by atoms with Gasteiger partial charge in [-0.1, -0.05) is 0 Å². The molecule has 20 heavy (non-hydrogen) atoms. The van der Waals surface area contributed by atoms with Gasteiger partial charge in [0.25, 0.3) is 0 Å². The summed E-state index contributed by atoms with van der Waals surface area (Å²) in [6.45, 7) is 5.43. The molecule has 0 aliphatic carbocycles. The van der Waals surface area contributed by atoms with Gasteiger partial charge in [-0.3, -0.25) is 4.57 Å². The van der Waals surface area contributed by atoms with Gasteiger partial charge in [0, 0.05) is 5.38 Å². The van der Waals surface area contributed by atoms with E-state index in [0.29, 0.717) is 0 Å². The summed E-state index contributed by atoms with van der Waals surface area (Å²) >= 11 is 0.869. The van der Waals surface area contributed by atoms with Crippen LogP contribution in [0.4, 0.5) is 13.2 Å². The first-order chi connectivity index (χ1) is 9.09. The summed E-state index contributed by atoms with van der Waals surface area (Å²) < 4.78 is 39.8. The SMILES string of the molecule is CC(C)(C)n1ncn(Cc2nc(C(F)(F)F)cs2)c1=O. The molecule has 2 aromatic rings. The third-order valence-corrected chi connectivity index (χ3v) is 3.35. The van der Waals surface area contributed by atoms with Crippen LogP contribution in [0.5, 0.6) is 0 Å². The fraction of sp³-hybridized carbons (Fsp3) is 0.545. The predicted molar refractivity (Wildman–Crippen MR) is 67.7 cm³/mol. The van der Waals surface area contributed by atoms with Gasteiger partial charge in [0.1, 0.15) is 11.3 Å². The van der Waals surface area contributed by atoms with Crippen LogP contribution >= 0.6 is 11.3 Å². The number of hydrogen-bond acceptors (Lipinski definition) is 4. The lowest BCUT2D eigenvalue weighted by atomic mass is 10.1. The van der Waals surface area contributed by atoms with Crippen molar-refractivity contribution in [3.8, 4) is 0 Å². The van der Waals surface area contributed by atoms with Crippen LogP contribution in [-0.2, 0) is 18.3 Å². The van der Waals surface area contributed by atoms with Gasteiger partial charge < -0.3 is 0 Å². The second-order valence-corrected chi connectivity index (χ2v) is 6.19. The number of alkyl halides is 3. The number of hydrogen-bond donors (Lipinski definition) is 0. The average Bonchev–Trinajstić information content (AvgIpc) is 2.85. The van der Waals surface area contributed by atoms with E-state index < -0.39 is 17.4 Å². The molecule has 0 aromatic carbocycles. The minimum Gasteiger partial charge on any atom is -0.275 e. The van der Waals surface area contributed by atoms with Gasteiger partial charge in [-0.2, -0.15) is 18.3 Å². The zero-order chi connectivity index (χ0) is 15.1. The van der Waals surface area contributed by atoms with E-state index in [2.05, 4.69) is 10.1 Å². The van der Waals surface area contributed by atoms with Crippen molar-refractivity contribution in [2.45, 2.75) is 39.0 Å². The first-order valence-corrected chi connectivity index (χ1v) is 6.63. The molecule has 0 aliphatic heterocycles. The zero-order valence-corrected chi connectivity index (χ0v) is 11.9. The van der Waals surface area contributed by atoms with E-state index in [1.165, 1.54) is 15.6 Å². The molecule has 0 radical (unpaired) electrons. The van der Waals surface area contributed by atoms with E-state index in [-0.39, 0.29) is 17.2 Å². The molecular formula is C11H13F3N4OS. The topological polar surface area (TPSA) is 52.7 Å². The maximum Gasteiger partial charge on any atom is 0.434 e. The van der Waals surface area contributed by atoms with E-state index in [0.717, 1.165) is 16.7 Å². The van der Waals surface area contributed by atoms with Crippen molar-refractivity contribution in [3.63, 3.8) is 0 Å². The third-order valence-electron chi connectivity index (χ3n) is 2.52. The van der Waals surface area contributed by atoms with Crippen LogP contribution in [-0.4, -0.2) is 19.3 Å². The highest BCUT2D eigenvalue weighted by atomic mass is 32.1. The van der Waals surface area contributed by atoms with Gasteiger partial charge in [-0.15, -0.1) is 11.3 Å². The van der Waals surface area contributed by atoms with Crippen LogP contribution in [0.1, 0.15) is 31.5 Å². The van der Waals surface area contributed by atoms with E-state index in [9.17, 15) is 18.0 Å². The highest BCUT2D eigenvalue weighted by Gasteiger charge is 2.33. The van der Waals surface area contributed by atoms with Crippen molar-refractivity contribution in [2.24, 2.45) is 0 Å². The lowest BCUT2D eigenvalue weighted by Gasteiger charge is -2.16. The standard InChI is InChI=1S/C11H13F3N4OS/c1-10(2,3)18-9(19)17(6-15-18)4-8-16-7(5-20-8)11(12,13)14/h5-6H,4H2,1-3H3. The molecule has 0 saturated heterocycles. The molecule has 0 atom stereocenters. The molecule has 0 aliphatic rings. The van der Waals surface area contributed by atoms with Crippen molar-refractivity contribution in [1.29, 1.82) is 0 Å². The summed E-state index contributed by atoms with van der Waals surface area (Å²) in [5.41, 5.74) is -1.79. The molecule has 0 fully saturated rings. The normalized spacial score (nSPS) is 12.9. The quantitative estimate of drug-likeness (QED) is 0.855. The number of thiazole rings is 1. The lowest BCUT2D eigenvalue weighted by molar-refractivity contribution is -0.140. The minimum atomic E-state index is -4.46. The van der Waals surface area contributed by atoms with Gasteiger partial charge in [0.2, 0.25) is 0 Å². The second-order valence-electron chi connectivity index (χ2n) is 5.25. The number of rotatable bonds is 2.